The number of hydrogen-bond acceptors (Lipinski definition) is 6. The van der Waals surface area contributed by atoms with Crippen molar-refractivity contribution in [3.63, 3.8) is 0 Å². The number of imidazole rings is 1. The molecule has 0 spiro atoms. The molecule has 9 nitrogen and oxygen atoms in total. The summed E-state index contributed by atoms with van der Waals surface area (Å²) in [5, 5.41) is 19.1. The van der Waals surface area contributed by atoms with Crippen LogP contribution >= 0.6 is 0 Å². The summed E-state index contributed by atoms with van der Waals surface area (Å²) in [4.78, 5) is 32.3. The average Bonchev–Trinajstić information content (AvgIpc) is 3.48. The molecule has 0 bridgehead atoms. The Balaban J connectivity index is 1.38. The number of nitrogens with one attached hydrogen (secondary N) is 2. The number of aromatic amines is 1. The molecule has 9 heteroatoms. The molecule has 5 rings (SSSR count). The number of hydrogen-bond donors (Lipinski definition) is 3. The van der Waals surface area contributed by atoms with Gasteiger partial charge in [0, 0.05) is 24.6 Å². The summed E-state index contributed by atoms with van der Waals surface area (Å²) >= 11 is 0. The summed E-state index contributed by atoms with van der Waals surface area (Å²) < 4.78 is 5.68. The van der Waals surface area contributed by atoms with E-state index in [2.05, 4.69) is 20.4 Å². The molecule has 1 aromatic heterocycles. The number of benzene rings is 3. The van der Waals surface area contributed by atoms with Crippen LogP contribution in [0.15, 0.2) is 77.9 Å². The molecule has 176 valence electrons. The van der Waals surface area contributed by atoms with Gasteiger partial charge in [0.2, 0.25) is 5.91 Å². The molecule has 1 aliphatic heterocycles. The van der Waals surface area contributed by atoms with Crippen LogP contribution in [0.2, 0.25) is 0 Å². The van der Waals surface area contributed by atoms with Gasteiger partial charge in [-0.2, -0.15) is 5.10 Å². The second kappa shape index (κ2) is 9.30. The van der Waals surface area contributed by atoms with Crippen LogP contribution in [0.3, 0.4) is 0 Å². The number of phenolic OH excluding ortho intramolecular Hbond substituents is 1. The Bertz CT molecular complexity index is 1390. The number of aromatic nitrogens is 2. The molecule has 35 heavy (non-hydrogen) atoms. The van der Waals surface area contributed by atoms with E-state index in [1.165, 1.54) is 11.9 Å². The zero-order valence-electron chi connectivity index (χ0n) is 18.9. The number of phenols is 1. The normalized spacial score (nSPS) is 15.2. The minimum atomic E-state index is -0.502. The molecule has 3 aromatic carbocycles. The van der Waals surface area contributed by atoms with Crippen LogP contribution in [0.4, 0.5) is 5.69 Å². The fourth-order valence-corrected chi connectivity index (χ4v) is 4.03. The summed E-state index contributed by atoms with van der Waals surface area (Å²) in [6.45, 7) is 1.18. The molecule has 0 aliphatic carbocycles. The van der Waals surface area contributed by atoms with Crippen molar-refractivity contribution < 1.29 is 19.4 Å². The van der Waals surface area contributed by atoms with Gasteiger partial charge in [0.15, 0.2) is 12.4 Å². The highest BCUT2D eigenvalue weighted by Gasteiger charge is 2.35. The maximum Gasteiger partial charge on any atom is 0.281 e. The first-order valence-corrected chi connectivity index (χ1v) is 11.1. The standard InChI is InChI=1S/C26H23N5O4/c1-16(32)27-17-10-12-18(13-11-17)35-15-25(34)31-23(19-6-2-5-9-24(19)33)14-22(30-31)26-28-20-7-3-4-8-21(20)29-26/h2-13,23,33H,14-15H2,1H3,(H,27,32)(H,28,29). The number of amides is 2. The van der Waals surface area contributed by atoms with Crippen LogP contribution in [0, 0.1) is 0 Å². The predicted molar refractivity (Wildman–Crippen MR) is 131 cm³/mol. The summed E-state index contributed by atoms with van der Waals surface area (Å²) in [7, 11) is 0. The van der Waals surface area contributed by atoms with Crippen molar-refractivity contribution in [3.05, 3.63) is 84.2 Å². The molecule has 0 saturated carbocycles. The van der Waals surface area contributed by atoms with Crippen LogP contribution in [0.5, 0.6) is 11.5 Å². The molecule has 0 fully saturated rings. The van der Waals surface area contributed by atoms with Crippen LogP contribution in [-0.2, 0) is 9.59 Å². The molecule has 0 radical (unpaired) electrons. The van der Waals surface area contributed by atoms with Crippen molar-refractivity contribution in [2.45, 2.75) is 19.4 Å². The number of fused-ring (bicyclic) bond motifs is 1. The summed E-state index contributed by atoms with van der Waals surface area (Å²) in [6, 6.07) is 20.8. The van der Waals surface area contributed by atoms with Gasteiger partial charge in [-0.15, -0.1) is 0 Å². The predicted octanol–water partition coefficient (Wildman–Crippen LogP) is 3.98. The Morgan fingerprint density at radius 2 is 1.83 bits per heavy atom. The van der Waals surface area contributed by atoms with Crippen LogP contribution < -0.4 is 10.1 Å². The number of carbonyl (C=O) groups excluding carboxylic acids is 2. The monoisotopic (exact) mass is 469 g/mol. The molecule has 0 saturated heterocycles. The number of hydrazone groups is 1. The Kier molecular flexibility index (Phi) is 5.88. The second-order valence-corrected chi connectivity index (χ2v) is 8.16. The fourth-order valence-electron chi connectivity index (χ4n) is 4.03. The number of anilines is 1. The number of rotatable bonds is 6. The first kappa shape index (κ1) is 22.1. The maximum absolute atomic E-state index is 13.2. The lowest BCUT2D eigenvalue weighted by Gasteiger charge is -2.22. The number of H-pyrrole nitrogens is 1. The molecule has 1 atom stereocenters. The molecular weight excluding hydrogens is 446 g/mol. The fraction of sp³-hybridized carbons (Fsp3) is 0.154. The topological polar surface area (TPSA) is 120 Å². The van der Waals surface area contributed by atoms with E-state index in [-0.39, 0.29) is 24.2 Å². The SMILES string of the molecule is CC(=O)Nc1ccc(OCC(=O)N2N=C(c3nc4ccccc4[nH]3)CC2c2ccccc2O)cc1. The largest absolute Gasteiger partial charge is 0.508 e. The van der Waals surface area contributed by atoms with E-state index in [1.54, 1.807) is 42.5 Å². The van der Waals surface area contributed by atoms with E-state index in [0.29, 0.717) is 35.0 Å². The molecule has 2 amide bonds. The highest BCUT2D eigenvalue weighted by Crippen LogP contribution is 2.36. The minimum absolute atomic E-state index is 0.0887. The van der Waals surface area contributed by atoms with Gasteiger partial charge in [-0.05, 0) is 42.5 Å². The molecule has 3 N–H and O–H groups in total. The van der Waals surface area contributed by atoms with Crippen molar-refractivity contribution in [2.24, 2.45) is 5.10 Å². The zero-order chi connectivity index (χ0) is 24.4. The summed E-state index contributed by atoms with van der Waals surface area (Å²) in [5.74, 6) is 0.612. The molecular formula is C26H23N5O4. The Morgan fingerprint density at radius 1 is 1.09 bits per heavy atom. The summed E-state index contributed by atoms with van der Waals surface area (Å²) in [5.41, 5.74) is 3.52. The number of aromatic hydroxyl groups is 1. The van der Waals surface area contributed by atoms with E-state index < -0.39 is 6.04 Å². The number of carbonyl (C=O) groups is 2. The zero-order valence-corrected chi connectivity index (χ0v) is 18.9. The van der Waals surface area contributed by atoms with Gasteiger partial charge < -0.3 is 20.1 Å². The lowest BCUT2D eigenvalue weighted by molar-refractivity contribution is -0.135. The van der Waals surface area contributed by atoms with Gasteiger partial charge >= 0.3 is 0 Å². The lowest BCUT2D eigenvalue weighted by Crippen LogP contribution is -2.31. The molecule has 4 aromatic rings. The van der Waals surface area contributed by atoms with E-state index in [1.807, 2.05) is 30.3 Å². The van der Waals surface area contributed by atoms with E-state index >= 15 is 0 Å². The van der Waals surface area contributed by atoms with Gasteiger partial charge in [-0.25, -0.2) is 9.99 Å². The third-order valence-corrected chi connectivity index (χ3v) is 5.66. The van der Waals surface area contributed by atoms with Crippen molar-refractivity contribution in [3.8, 4) is 11.5 Å². The Hall–Kier alpha value is -4.66. The van der Waals surface area contributed by atoms with Gasteiger partial charge in [-0.1, -0.05) is 30.3 Å². The Morgan fingerprint density at radius 3 is 2.57 bits per heavy atom. The average molecular weight is 470 g/mol. The Labute approximate surface area is 201 Å². The molecule has 1 unspecified atom stereocenters. The van der Waals surface area contributed by atoms with Crippen molar-refractivity contribution in [1.82, 2.24) is 15.0 Å². The van der Waals surface area contributed by atoms with E-state index in [0.717, 1.165) is 11.0 Å². The minimum Gasteiger partial charge on any atom is -0.508 e. The van der Waals surface area contributed by atoms with Crippen molar-refractivity contribution in [1.29, 1.82) is 0 Å². The van der Waals surface area contributed by atoms with Crippen molar-refractivity contribution >= 4 is 34.2 Å². The maximum atomic E-state index is 13.2. The van der Waals surface area contributed by atoms with E-state index in [9.17, 15) is 14.7 Å². The second-order valence-electron chi connectivity index (χ2n) is 8.16. The number of nitrogens with zero attached hydrogens (tertiary/aromatic N) is 3. The molecule has 2 heterocycles. The highest BCUT2D eigenvalue weighted by atomic mass is 16.5. The third-order valence-electron chi connectivity index (χ3n) is 5.66. The smallest absolute Gasteiger partial charge is 0.281 e. The van der Waals surface area contributed by atoms with Crippen LogP contribution in [-0.4, -0.2) is 44.2 Å². The highest BCUT2D eigenvalue weighted by molar-refractivity contribution is 6.02. The van der Waals surface area contributed by atoms with Gasteiger partial charge in [-0.3, -0.25) is 9.59 Å². The first-order valence-electron chi connectivity index (χ1n) is 11.1. The third kappa shape index (κ3) is 4.70. The van der Waals surface area contributed by atoms with Gasteiger partial charge in [0.05, 0.1) is 17.1 Å². The quantitative estimate of drug-likeness (QED) is 0.395. The first-order chi connectivity index (χ1) is 17.0. The van der Waals surface area contributed by atoms with E-state index in [4.69, 9.17) is 4.74 Å². The lowest BCUT2D eigenvalue weighted by atomic mass is 10.0. The van der Waals surface area contributed by atoms with Gasteiger partial charge in [0.1, 0.15) is 17.2 Å². The molecule has 1 aliphatic rings. The van der Waals surface area contributed by atoms with Crippen LogP contribution in [0.1, 0.15) is 30.8 Å². The summed E-state index contributed by atoms with van der Waals surface area (Å²) in [6.07, 6.45) is 0.383. The van der Waals surface area contributed by atoms with Crippen LogP contribution in [0.25, 0.3) is 11.0 Å². The van der Waals surface area contributed by atoms with Crippen molar-refractivity contribution in [2.75, 3.05) is 11.9 Å². The van der Waals surface area contributed by atoms with Gasteiger partial charge in [0.25, 0.3) is 5.91 Å². The number of para-hydroxylation sites is 3. The number of ether oxygens (including phenoxy) is 1.